The van der Waals surface area contributed by atoms with Crippen LogP contribution in [0.25, 0.3) is 0 Å². The minimum absolute atomic E-state index is 0.163. The van der Waals surface area contributed by atoms with Gasteiger partial charge in [-0.05, 0) is 39.0 Å². The molecule has 0 aliphatic rings. The first-order chi connectivity index (χ1) is 8.29. The van der Waals surface area contributed by atoms with Gasteiger partial charge in [0.05, 0.1) is 12.2 Å². The third-order valence-corrected chi connectivity index (χ3v) is 2.33. The molecule has 0 unspecified atom stereocenters. The molecule has 1 aromatic carbocycles. The zero-order valence-electron chi connectivity index (χ0n) is 10.8. The Hall–Kier alpha value is -1.20. The molecule has 0 saturated carbocycles. The van der Waals surface area contributed by atoms with Crippen molar-refractivity contribution in [2.75, 3.05) is 13.2 Å². The van der Waals surface area contributed by atoms with Crippen LogP contribution in [0, 0.1) is 5.82 Å². The Balaban J connectivity index is 2.51. The van der Waals surface area contributed by atoms with E-state index >= 15 is 0 Å². The molecule has 0 heterocycles. The molecule has 0 aromatic heterocycles. The Kier molecular flexibility index (Phi) is 5.04. The summed E-state index contributed by atoms with van der Waals surface area (Å²) in [5, 5.41) is 0. The number of nitrogens with two attached hydrogens (primary N) is 1. The number of hydrogen-bond acceptors (Lipinski definition) is 3. The van der Waals surface area contributed by atoms with Crippen molar-refractivity contribution in [1.29, 1.82) is 0 Å². The molecule has 1 rings (SSSR count). The van der Waals surface area contributed by atoms with Crippen LogP contribution in [0.4, 0.5) is 4.39 Å². The molecule has 0 aliphatic carbocycles. The highest BCUT2D eigenvalue weighted by Crippen LogP contribution is 2.18. The van der Waals surface area contributed by atoms with E-state index in [4.69, 9.17) is 27.4 Å². The highest BCUT2D eigenvalue weighted by atomic mass is 32.1. The maximum Gasteiger partial charge on any atom is 0.165 e. The topological polar surface area (TPSA) is 44.5 Å². The first-order valence-electron chi connectivity index (χ1n) is 5.66. The molecular weight excluding hydrogens is 253 g/mol. The first-order valence-corrected chi connectivity index (χ1v) is 6.06. The lowest BCUT2D eigenvalue weighted by molar-refractivity contribution is -0.0166. The first kappa shape index (κ1) is 14.9. The third kappa shape index (κ3) is 4.98. The van der Waals surface area contributed by atoms with Gasteiger partial charge in [-0.2, -0.15) is 0 Å². The highest BCUT2D eigenvalue weighted by molar-refractivity contribution is 7.80. The SMILES string of the molecule is CC(C)(C)OCCOc1ccc(C(N)=S)cc1F. The van der Waals surface area contributed by atoms with E-state index in [1.165, 1.54) is 12.1 Å². The molecule has 0 radical (unpaired) electrons. The summed E-state index contributed by atoms with van der Waals surface area (Å²) < 4.78 is 24.3. The lowest BCUT2D eigenvalue weighted by Gasteiger charge is -2.19. The Bertz CT molecular complexity index is 429. The van der Waals surface area contributed by atoms with Gasteiger partial charge in [-0.25, -0.2) is 4.39 Å². The molecule has 0 amide bonds. The Morgan fingerprint density at radius 2 is 2.00 bits per heavy atom. The smallest absolute Gasteiger partial charge is 0.165 e. The standard InChI is InChI=1S/C13H18FNO2S/c1-13(2,3)17-7-6-16-11-5-4-9(12(15)18)8-10(11)14/h4-5,8H,6-7H2,1-3H3,(H2,15,18). The summed E-state index contributed by atoms with van der Waals surface area (Å²) in [6.45, 7) is 6.54. The molecular formula is C13H18FNO2S. The number of thiocarbonyl (C=S) groups is 1. The van der Waals surface area contributed by atoms with Crippen LogP contribution in [0.2, 0.25) is 0 Å². The monoisotopic (exact) mass is 271 g/mol. The maximum atomic E-state index is 13.6. The number of hydrogen-bond donors (Lipinski definition) is 1. The molecule has 0 bridgehead atoms. The second-order valence-electron chi connectivity index (χ2n) is 4.82. The summed E-state index contributed by atoms with van der Waals surface area (Å²) in [4.78, 5) is 0.163. The Morgan fingerprint density at radius 3 is 2.50 bits per heavy atom. The highest BCUT2D eigenvalue weighted by Gasteiger charge is 2.10. The van der Waals surface area contributed by atoms with E-state index in [9.17, 15) is 4.39 Å². The third-order valence-electron chi connectivity index (χ3n) is 2.09. The van der Waals surface area contributed by atoms with Crippen LogP contribution in [-0.2, 0) is 4.74 Å². The fourth-order valence-electron chi connectivity index (χ4n) is 1.27. The summed E-state index contributed by atoms with van der Waals surface area (Å²) >= 11 is 4.76. The van der Waals surface area contributed by atoms with E-state index in [1.807, 2.05) is 20.8 Å². The van der Waals surface area contributed by atoms with Gasteiger partial charge in [-0.1, -0.05) is 12.2 Å². The lowest BCUT2D eigenvalue weighted by Crippen LogP contribution is -2.22. The number of benzene rings is 1. The van der Waals surface area contributed by atoms with Crippen molar-refractivity contribution < 1.29 is 13.9 Å². The second-order valence-corrected chi connectivity index (χ2v) is 5.26. The summed E-state index contributed by atoms with van der Waals surface area (Å²) in [5.41, 5.74) is 5.67. The van der Waals surface area contributed by atoms with E-state index in [2.05, 4.69) is 0 Å². The molecule has 18 heavy (non-hydrogen) atoms. The lowest BCUT2D eigenvalue weighted by atomic mass is 10.2. The summed E-state index contributed by atoms with van der Waals surface area (Å²) in [5.74, 6) is -0.302. The molecule has 3 nitrogen and oxygen atoms in total. The Labute approximate surface area is 112 Å². The minimum Gasteiger partial charge on any atom is -0.488 e. The van der Waals surface area contributed by atoms with Crippen molar-refractivity contribution in [2.24, 2.45) is 5.73 Å². The number of rotatable bonds is 5. The van der Waals surface area contributed by atoms with Crippen molar-refractivity contribution in [3.63, 3.8) is 0 Å². The predicted molar refractivity (Wildman–Crippen MR) is 73.5 cm³/mol. The van der Waals surface area contributed by atoms with Crippen LogP contribution in [-0.4, -0.2) is 23.8 Å². The molecule has 5 heteroatoms. The van der Waals surface area contributed by atoms with Crippen LogP contribution in [0.5, 0.6) is 5.75 Å². The maximum absolute atomic E-state index is 13.6. The predicted octanol–water partition coefficient (Wildman–Crippen LogP) is 2.65. The molecule has 0 saturated heterocycles. The van der Waals surface area contributed by atoms with Gasteiger partial charge in [0.2, 0.25) is 0 Å². The summed E-state index contributed by atoms with van der Waals surface area (Å²) in [7, 11) is 0. The van der Waals surface area contributed by atoms with Gasteiger partial charge in [0.25, 0.3) is 0 Å². The largest absolute Gasteiger partial charge is 0.488 e. The van der Waals surface area contributed by atoms with E-state index in [0.717, 1.165) is 0 Å². The molecule has 0 aliphatic heterocycles. The average Bonchev–Trinajstić information content (AvgIpc) is 2.24. The second kappa shape index (κ2) is 6.11. The zero-order valence-corrected chi connectivity index (χ0v) is 11.6. The van der Waals surface area contributed by atoms with Crippen LogP contribution in [0.1, 0.15) is 26.3 Å². The summed E-state index contributed by atoms with van der Waals surface area (Å²) in [6, 6.07) is 4.41. The van der Waals surface area contributed by atoms with Crippen molar-refractivity contribution in [2.45, 2.75) is 26.4 Å². The van der Waals surface area contributed by atoms with Crippen molar-refractivity contribution in [1.82, 2.24) is 0 Å². The van der Waals surface area contributed by atoms with Gasteiger partial charge in [-0.3, -0.25) is 0 Å². The van der Waals surface area contributed by atoms with Crippen LogP contribution >= 0.6 is 12.2 Å². The molecule has 100 valence electrons. The van der Waals surface area contributed by atoms with Crippen LogP contribution < -0.4 is 10.5 Å². The normalized spacial score (nSPS) is 11.3. The Morgan fingerprint density at radius 1 is 1.33 bits per heavy atom. The van der Waals surface area contributed by atoms with Crippen LogP contribution in [0.3, 0.4) is 0 Å². The number of ether oxygens (including phenoxy) is 2. The van der Waals surface area contributed by atoms with E-state index < -0.39 is 5.82 Å². The average molecular weight is 271 g/mol. The quantitative estimate of drug-likeness (QED) is 0.660. The van der Waals surface area contributed by atoms with Gasteiger partial charge < -0.3 is 15.2 Å². The van der Waals surface area contributed by atoms with Gasteiger partial charge >= 0.3 is 0 Å². The zero-order chi connectivity index (χ0) is 13.8. The van der Waals surface area contributed by atoms with E-state index in [0.29, 0.717) is 18.8 Å². The van der Waals surface area contributed by atoms with Crippen molar-refractivity contribution in [3.05, 3.63) is 29.6 Å². The number of halogens is 1. The summed E-state index contributed by atoms with van der Waals surface area (Å²) in [6.07, 6.45) is 0. The van der Waals surface area contributed by atoms with Gasteiger partial charge in [0.15, 0.2) is 11.6 Å². The van der Waals surface area contributed by atoms with Gasteiger partial charge in [0.1, 0.15) is 11.6 Å². The molecule has 1 aromatic rings. The molecule has 0 fully saturated rings. The van der Waals surface area contributed by atoms with Crippen molar-refractivity contribution >= 4 is 17.2 Å². The molecule has 0 spiro atoms. The van der Waals surface area contributed by atoms with Crippen molar-refractivity contribution in [3.8, 4) is 5.75 Å². The van der Waals surface area contributed by atoms with E-state index in [-0.39, 0.29) is 16.3 Å². The van der Waals surface area contributed by atoms with E-state index in [1.54, 1.807) is 6.07 Å². The van der Waals surface area contributed by atoms with Gasteiger partial charge in [0, 0.05) is 5.56 Å². The molecule has 0 atom stereocenters. The van der Waals surface area contributed by atoms with Crippen LogP contribution in [0.15, 0.2) is 18.2 Å². The molecule has 2 N–H and O–H groups in total. The fraction of sp³-hybridized carbons (Fsp3) is 0.462. The van der Waals surface area contributed by atoms with Gasteiger partial charge in [-0.15, -0.1) is 0 Å². The fourth-order valence-corrected chi connectivity index (χ4v) is 1.40. The minimum atomic E-state index is -0.476.